The van der Waals surface area contributed by atoms with Gasteiger partial charge in [0.25, 0.3) is 5.56 Å². The number of halogens is 2. The van der Waals surface area contributed by atoms with E-state index in [-0.39, 0.29) is 23.8 Å². The average Bonchev–Trinajstić information content (AvgIpc) is 2.98. The van der Waals surface area contributed by atoms with E-state index in [2.05, 4.69) is 15.1 Å². The molecule has 0 radical (unpaired) electrons. The van der Waals surface area contributed by atoms with Crippen LogP contribution in [0, 0.1) is 0 Å². The number of fused-ring (bicyclic) bond motifs is 1. The Bertz CT molecular complexity index is 1140. The quantitative estimate of drug-likeness (QED) is 0.648. The van der Waals surface area contributed by atoms with Crippen LogP contribution in [0.25, 0.3) is 11.0 Å². The number of sulfonamides is 1. The van der Waals surface area contributed by atoms with Gasteiger partial charge in [-0.05, 0) is 18.2 Å². The smallest absolute Gasteiger partial charge is 0.278 e. The van der Waals surface area contributed by atoms with Crippen molar-refractivity contribution in [1.29, 1.82) is 0 Å². The molecule has 3 rings (SSSR count). The standard InChI is InChI=1S/C14H14Cl2N6O3S/c1-21(8-2-3-9(15)10(16)6-8)14-19-11-7-18-22(4-5-26(17,24)25)12(11)13(23)20-14/h2-3,6-7H,4-5H2,1H3,(H2,17,24,25)(H,19,20,23). The number of anilines is 2. The number of hydrogen-bond acceptors (Lipinski definition) is 6. The summed E-state index contributed by atoms with van der Waals surface area (Å²) < 4.78 is 23.5. The number of primary sulfonamides is 1. The molecular weight excluding hydrogens is 403 g/mol. The van der Waals surface area contributed by atoms with Crippen molar-refractivity contribution in [3.8, 4) is 0 Å². The summed E-state index contributed by atoms with van der Waals surface area (Å²) in [5.41, 5.74) is 0.706. The third kappa shape index (κ3) is 3.83. The molecule has 3 aromatic rings. The molecule has 0 unspecified atom stereocenters. The van der Waals surface area contributed by atoms with Crippen molar-refractivity contribution < 1.29 is 8.42 Å². The van der Waals surface area contributed by atoms with Gasteiger partial charge in [0, 0.05) is 12.7 Å². The van der Waals surface area contributed by atoms with Crippen LogP contribution in [0.4, 0.5) is 11.6 Å². The molecule has 138 valence electrons. The lowest BCUT2D eigenvalue weighted by atomic mass is 10.3. The third-order valence-electron chi connectivity index (χ3n) is 3.68. The van der Waals surface area contributed by atoms with Crippen LogP contribution in [0.15, 0.2) is 29.2 Å². The maximum absolute atomic E-state index is 12.5. The minimum atomic E-state index is -3.67. The van der Waals surface area contributed by atoms with Crippen LogP contribution in [-0.2, 0) is 16.6 Å². The second-order valence-corrected chi connectivity index (χ2v) is 8.06. The molecule has 0 amide bonds. The summed E-state index contributed by atoms with van der Waals surface area (Å²) in [4.78, 5) is 21.1. The highest BCUT2D eigenvalue weighted by atomic mass is 35.5. The summed E-state index contributed by atoms with van der Waals surface area (Å²) in [6, 6.07) is 5.01. The summed E-state index contributed by atoms with van der Waals surface area (Å²) in [5, 5.41) is 9.79. The molecule has 0 saturated heterocycles. The number of H-pyrrole nitrogens is 1. The molecule has 0 fully saturated rings. The molecule has 3 N–H and O–H groups in total. The van der Waals surface area contributed by atoms with E-state index in [0.717, 1.165) is 0 Å². The SMILES string of the molecule is CN(c1ccc(Cl)c(Cl)c1)c1nc2cnn(CCS(N)(=O)=O)c2c(=O)[nH]1. The topological polar surface area (TPSA) is 127 Å². The normalized spacial score (nSPS) is 11.8. The van der Waals surface area contributed by atoms with E-state index in [1.165, 1.54) is 10.9 Å². The van der Waals surface area contributed by atoms with Crippen molar-refractivity contribution in [2.24, 2.45) is 5.14 Å². The van der Waals surface area contributed by atoms with Gasteiger partial charge in [-0.15, -0.1) is 0 Å². The highest BCUT2D eigenvalue weighted by Crippen LogP contribution is 2.29. The number of benzene rings is 1. The average molecular weight is 417 g/mol. The molecule has 0 aliphatic carbocycles. The van der Waals surface area contributed by atoms with E-state index >= 15 is 0 Å². The lowest BCUT2D eigenvalue weighted by Crippen LogP contribution is -2.23. The van der Waals surface area contributed by atoms with Crippen molar-refractivity contribution in [2.75, 3.05) is 17.7 Å². The number of aryl methyl sites for hydroxylation is 1. The van der Waals surface area contributed by atoms with Crippen molar-refractivity contribution in [2.45, 2.75) is 6.54 Å². The molecular formula is C14H14Cl2N6O3S. The van der Waals surface area contributed by atoms with Crippen LogP contribution in [0.5, 0.6) is 0 Å². The van der Waals surface area contributed by atoms with E-state index in [9.17, 15) is 13.2 Å². The monoisotopic (exact) mass is 416 g/mol. The molecule has 2 heterocycles. The lowest BCUT2D eigenvalue weighted by Gasteiger charge is -2.18. The first-order valence-electron chi connectivity index (χ1n) is 7.31. The number of nitrogens with two attached hydrogens (primary N) is 1. The van der Waals surface area contributed by atoms with Crippen LogP contribution in [-0.4, -0.2) is 41.0 Å². The Morgan fingerprint density at radius 1 is 1.31 bits per heavy atom. The molecule has 0 spiro atoms. The Balaban J connectivity index is 1.99. The zero-order chi connectivity index (χ0) is 19.1. The summed E-state index contributed by atoms with van der Waals surface area (Å²) in [6.07, 6.45) is 1.39. The van der Waals surface area contributed by atoms with E-state index < -0.39 is 15.6 Å². The summed E-state index contributed by atoms with van der Waals surface area (Å²) in [6.45, 7) is -0.0466. The molecule has 9 nitrogen and oxygen atoms in total. The first-order chi connectivity index (χ1) is 12.2. The van der Waals surface area contributed by atoms with Gasteiger partial charge >= 0.3 is 0 Å². The maximum atomic E-state index is 12.5. The van der Waals surface area contributed by atoms with E-state index in [1.54, 1.807) is 30.1 Å². The van der Waals surface area contributed by atoms with Gasteiger partial charge < -0.3 is 4.90 Å². The summed E-state index contributed by atoms with van der Waals surface area (Å²) >= 11 is 11.9. The number of nitrogens with zero attached hydrogens (tertiary/aromatic N) is 4. The van der Waals surface area contributed by atoms with Gasteiger partial charge in [0.15, 0.2) is 5.52 Å². The van der Waals surface area contributed by atoms with Gasteiger partial charge in [-0.1, -0.05) is 23.2 Å². The molecule has 0 aliphatic heterocycles. The molecule has 2 aromatic heterocycles. The molecule has 0 atom stereocenters. The Morgan fingerprint density at radius 2 is 2.04 bits per heavy atom. The number of aromatic nitrogens is 4. The van der Waals surface area contributed by atoms with Crippen molar-refractivity contribution in [1.82, 2.24) is 19.7 Å². The second-order valence-electron chi connectivity index (χ2n) is 5.52. The minimum absolute atomic E-state index is 0.0466. The van der Waals surface area contributed by atoms with E-state index in [0.29, 0.717) is 21.2 Å². The zero-order valence-electron chi connectivity index (χ0n) is 13.5. The van der Waals surface area contributed by atoms with Gasteiger partial charge in [0.2, 0.25) is 16.0 Å². The maximum Gasteiger partial charge on any atom is 0.278 e. The predicted molar refractivity (Wildman–Crippen MR) is 101 cm³/mol. The lowest BCUT2D eigenvalue weighted by molar-refractivity contribution is 0.585. The van der Waals surface area contributed by atoms with Gasteiger partial charge in [-0.3, -0.25) is 14.5 Å². The number of nitrogens with one attached hydrogen (secondary N) is 1. The molecule has 0 saturated carbocycles. The minimum Gasteiger partial charge on any atom is -0.315 e. The predicted octanol–water partition coefficient (Wildman–Crippen LogP) is 1.48. The zero-order valence-corrected chi connectivity index (χ0v) is 15.8. The Morgan fingerprint density at radius 3 is 2.69 bits per heavy atom. The van der Waals surface area contributed by atoms with E-state index in [4.69, 9.17) is 28.3 Å². The van der Waals surface area contributed by atoms with Crippen molar-refractivity contribution in [3.63, 3.8) is 0 Å². The molecule has 12 heteroatoms. The fourth-order valence-electron chi connectivity index (χ4n) is 2.35. The Kier molecular flexibility index (Phi) is 4.93. The summed E-state index contributed by atoms with van der Waals surface area (Å²) in [5.74, 6) is -0.0689. The molecule has 1 aromatic carbocycles. The first kappa shape index (κ1) is 18.6. The van der Waals surface area contributed by atoms with Crippen molar-refractivity contribution in [3.05, 3.63) is 44.8 Å². The van der Waals surface area contributed by atoms with Crippen LogP contribution in [0.1, 0.15) is 0 Å². The molecule has 26 heavy (non-hydrogen) atoms. The van der Waals surface area contributed by atoms with Crippen LogP contribution in [0.3, 0.4) is 0 Å². The third-order valence-corrected chi connectivity index (χ3v) is 5.17. The molecule has 0 bridgehead atoms. The van der Waals surface area contributed by atoms with Crippen LogP contribution < -0.4 is 15.6 Å². The van der Waals surface area contributed by atoms with E-state index in [1.807, 2.05) is 0 Å². The number of aromatic amines is 1. The largest absolute Gasteiger partial charge is 0.315 e. The van der Waals surface area contributed by atoms with Gasteiger partial charge in [0.05, 0.1) is 28.5 Å². The summed E-state index contributed by atoms with van der Waals surface area (Å²) in [7, 11) is -1.97. The van der Waals surface area contributed by atoms with Crippen LogP contribution >= 0.6 is 23.2 Å². The second kappa shape index (κ2) is 6.88. The van der Waals surface area contributed by atoms with Crippen LogP contribution in [0.2, 0.25) is 10.0 Å². The fourth-order valence-corrected chi connectivity index (χ4v) is 3.07. The highest BCUT2D eigenvalue weighted by molar-refractivity contribution is 7.89. The van der Waals surface area contributed by atoms with Crippen molar-refractivity contribution >= 4 is 55.9 Å². The van der Waals surface area contributed by atoms with Gasteiger partial charge in [-0.2, -0.15) is 5.10 Å². The fraction of sp³-hybridized carbons (Fsp3) is 0.214. The van der Waals surface area contributed by atoms with Gasteiger partial charge in [0.1, 0.15) is 5.52 Å². The Labute approximate surface area is 158 Å². The first-order valence-corrected chi connectivity index (χ1v) is 9.78. The van der Waals surface area contributed by atoms with Gasteiger partial charge in [-0.25, -0.2) is 18.5 Å². The number of rotatable bonds is 5. The molecule has 0 aliphatic rings. The highest BCUT2D eigenvalue weighted by Gasteiger charge is 2.15. The Hall–Kier alpha value is -2.14. The number of hydrogen-bond donors (Lipinski definition) is 2.